The van der Waals surface area contributed by atoms with Crippen LogP contribution < -0.4 is 10.6 Å². The van der Waals surface area contributed by atoms with Crippen LogP contribution in [0.4, 0.5) is 4.79 Å². The molecule has 35 heavy (non-hydrogen) atoms. The molecule has 0 unspecified atom stereocenters. The van der Waals surface area contributed by atoms with E-state index in [1.165, 1.54) is 25.7 Å². The van der Waals surface area contributed by atoms with E-state index in [9.17, 15) is 9.59 Å². The summed E-state index contributed by atoms with van der Waals surface area (Å²) in [5.74, 6) is 3.42. The molecule has 3 saturated carbocycles. The van der Waals surface area contributed by atoms with Gasteiger partial charge in [-0.05, 0) is 84.5 Å². The van der Waals surface area contributed by atoms with Crippen molar-refractivity contribution in [2.75, 3.05) is 7.05 Å². The van der Waals surface area contributed by atoms with Crippen LogP contribution >= 0.6 is 0 Å². The number of carbonyl (C=O) groups excluding carboxylic acids is 2. The molecule has 1 aromatic carbocycles. The van der Waals surface area contributed by atoms with Crippen molar-refractivity contribution in [3.8, 4) is 0 Å². The van der Waals surface area contributed by atoms with Crippen LogP contribution in [0.2, 0.25) is 0 Å². The molecule has 8 atom stereocenters. The molecule has 1 aromatic rings. The summed E-state index contributed by atoms with van der Waals surface area (Å²) in [6.45, 7) is 10.2. The number of hydrogen-bond acceptors (Lipinski definition) is 2. The van der Waals surface area contributed by atoms with Crippen LogP contribution in [-0.4, -0.2) is 36.0 Å². The van der Waals surface area contributed by atoms with Crippen LogP contribution in [0.3, 0.4) is 0 Å². The summed E-state index contributed by atoms with van der Waals surface area (Å²) in [4.78, 5) is 27.6. The minimum absolute atomic E-state index is 0.0309. The molecule has 0 spiro atoms. The highest BCUT2D eigenvalue weighted by Crippen LogP contribution is 2.66. The number of amides is 3. The maximum Gasteiger partial charge on any atom is 0.315 e. The Morgan fingerprint density at radius 3 is 2.51 bits per heavy atom. The number of benzene rings is 1. The zero-order valence-corrected chi connectivity index (χ0v) is 22.3. The Morgan fingerprint density at radius 1 is 1.06 bits per heavy atom. The molecule has 2 N–H and O–H groups in total. The van der Waals surface area contributed by atoms with E-state index in [0.717, 1.165) is 18.4 Å². The Kier molecular flexibility index (Phi) is 6.42. The number of likely N-dealkylation sites (tertiary alicyclic amines) is 1. The summed E-state index contributed by atoms with van der Waals surface area (Å²) in [6.07, 6.45) is 7.72. The van der Waals surface area contributed by atoms with Crippen molar-refractivity contribution in [1.29, 1.82) is 0 Å². The minimum atomic E-state index is -0.0309. The summed E-state index contributed by atoms with van der Waals surface area (Å²) < 4.78 is 0. The highest BCUT2D eigenvalue weighted by Gasteiger charge is 2.63. The van der Waals surface area contributed by atoms with Gasteiger partial charge in [-0.15, -0.1) is 0 Å². The van der Waals surface area contributed by atoms with Gasteiger partial charge < -0.3 is 15.5 Å². The molecule has 1 aliphatic heterocycles. The van der Waals surface area contributed by atoms with Gasteiger partial charge in [-0.3, -0.25) is 4.79 Å². The highest BCUT2D eigenvalue weighted by atomic mass is 16.2. The normalized spacial score (nSPS) is 40.6. The number of hydrogen-bond donors (Lipinski definition) is 2. The zero-order valence-electron chi connectivity index (χ0n) is 22.3. The first kappa shape index (κ1) is 24.6. The smallest absolute Gasteiger partial charge is 0.315 e. The quantitative estimate of drug-likeness (QED) is 0.590. The van der Waals surface area contributed by atoms with E-state index < -0.39 is 0 Å². The van der Waals surface area contributed by atoms with E-state index in [-0.39, 0.29) is 22.9 Å². The summed E-state index contributed by atoms with van der Waals surface area (Å²) in [6, 6.07) is 10.7. The third-order valence-corrected chi connectivity index (χ3v) is 11.1. The molecule has 0 bridgehead atoms. The van der Waals surface area contributed by atoms with Crippen molar-refractivity contribution >= 4 is 11.9 Å². The lowest BCUT2D eigenvalue weighted by molar-refractivity contribution is -0.157. The molecule has 0 aromatic heterocycles. The van der Waals surface area contributed by atoms with Gasteiger partial charge in [0.2, 0.25) is 5.91 Å². The van der Waals surface area contributed by atoms with Gasteiger partial charge in [0.05, 0.1) is 0 Å². The van der Waals surface area contributed by atoms with Gasteiger partial charge in [0.1, 0.15) is 0 Å². The molecular formula is C30H45N3O2. The largest absolute Gasteiger partial charge is 0.342 e. The second kappa shape index (κ2) is 9.12. The molecule has 192 valence electrons. The standard InChI is InChI=1S/C30H45N3O2/c1-19(2)22-17-24-21-11-12-25-29(3,16-14-26(34)33(25)5)23(21)13-15-30(24,4)27(22)32-28(35)31-18-20-9-7-6-8-10-20/h6-10,19,21-25,27H,11-18H2,1-5H3,(H2,31,32,35)/t21-,22-,23+,24+,25-,27+,29-,30+/m1/s1. The number of piperidine rings is 1. The molecule has 4 fully saturated rings. The van der Waals surface area contributed by atoms with Crippen LogP contribution in [0.5, 0.6) is 0 Å². The molecule has 5 nitrogen and oxygen atoms in total. The van der Waals surface area contributed by atoms with Gasteiger partial charge in [-0.2, -0.15) is 0 Å². The number of nitrogens with one attached hydrogen (secondary N) is 2. The van der Waals surface area contributed by atoms with Crippen molar-refractivity contribution in [3.63, 3.8) is 0 Å². The highest BCUT2D eigenvalue weighted by molar-refractivity contribution is 5.77. The maximum atomic E-state index is 13.1. The number of urea groups is 1. The van der Waals surface area contributed by atoms with E-state index in [0.29, 0.717) is 54.5 Å². The van der Waals surface area contributed by atoms with Crippen molar-refractivity contribution < 1.29 is 9.59 Å². The Balaban J connectivity index is 1.34. The molecule has 3 amide bonds. The van der Waals surface area contributed by atoms with Crippen LogP contribution in [-0.2, 0) is 11.3 Å². The maximum absolute atomic E-state index is 13.1. The number of nitrogens with zero attached hydrogens (tertiary/aromatic N) is 1. The molecule has 3 aliphatic carbocycles. The first-order valence-electron chi connectivity index (χ1n) is 14.0. The third kappa shape index (κ3) is 4.07. The van der Waals surface area contributed by atoms with E-state index in [2.05, 4.69) is 55.4 Å². The first-order chi connectivity index (χ1) is 16.6. The molecular weight excluding hydrogens is 434 g/mol. The number of carbonyl (C=O) groups is 2. The van der Waals surface area contributed by atoms with Gasteiger partial charge in [0.15, 0.2) is 0 Å². The summed E-state index contributed by atoms with van der Waals surface area (Å²) in [5.41, 5.74) is 1.50. The van der Waals surface area contributed by atoms with E-state index in [1.54, 1.807) is 0 Å². The zero-order chi connectivity index (χ0) is 25.0. The molecule has 5 rings (SSSR count). The summed E-state index contributed by atoms with van der Waals surface area (Å²) >= 11 is 0. The van der Waals surface area contributed by atoms with Crippen molar-refractivity contribution in [3.05, 3.63) is 35.9 Å². The second-order valence-corrected chi connectivity index (χ2v) is 13.0. The fourth-order valence-electron chi connectivity index (χ4n) is 9.15. The second-order valence-electron chi connectivity index (χ2n) is 13.0. The van der Waals surface area contributed by atoms with Crippen molar-refractivity contribution in [2.24, 2.45) is 40.4 Å². The molecule has 0 radical (unpaired) electrons. The summed E-state index contributed by atoms with van der Waals surface area (Å²) in [7, 11) is 2.04. The number of fused-ring (bicyclic) bond motifs is 5. The van der Waals surface area contributed by atoms with Gasteiger partial charge in [-0.25, -0.2) is 4.79 Å². The third-order valence-electron chi connectivity index (χ3n) is 11.1. The Labute approximate surface area is 211 Å². The predicted molar refractivity (Wildman–Crippen MR) is 139 cm³/mol. The average Bonchev–Trinajstić information content (AvgIpc) is 3.14. The molecule has 1 saturated heterocycles. The van der Waals surface area contributed by atoms with E-state index in [4.69, 9.17) is 0 Å². The van der Waals surface area contributed by atoms with Crippen LogP contribution in [0.1, 0.15) is 78.2 Å². The SMILES string of the molecule is CC(C)[C@H]1C[C@H]2[C@@H]3CC[C@H]4N(C)C(=O)CC[C@]4(C)[C@H]3CC[C@]2(C)[C@H]1NC(=O)NCc1ccccc1. The van der Waals surface area contributed by atoms with E-state index in [1.807, 2.05) is 25.2 Å². The lowest BCUT2D eigenvalue weighted by Crippen LogP contribution is -2.62. The topological polar surface area (TPSA) is 61.4 Å². The molecule has 4 aliphatic rings. The Morgan fingerprint density at radius 2 is 1.80 bits per heavy atom. The predicted octanol–water partition coefficient (Wildman–Crippen LogP) is 5.60. The van der Waals surface area contributed by atoms with Gasteiger partial charge in [0.25, 0.3) is 0 Å². The number of rotatable bonds is 4. The fourth-order valence-corrected chi connectivity index (χ4v) is 9.15. The van der Waals surface area contributed by atoms with Crippen molar-refractivity contribution in [1.82, 2.24) is 15.5 Å². The van der Waals surface area contributed by atoms with Crippen LogP contribution in [0.25, 0.3) is 0 Å². The fraction of sp³-hybridized carbons (Fsp3) is 0.733. The molecule has 5 heteroatoms. The van der Waals surface area contributed by atoms with Crippen LogP contribution in [0, 0.1) is 40.4 Å². The minimum Gasteiger partial charge on any atom is -0.342 e. The molecule has 1 heterocycles. The van der Waals surface area contributed by atoms with Crippen molar-refractivity contribution in [2.45, 2.75) is 91.3 Å². The summed E-state index contributed by atoms with van der Waals surface area (Å²) in [5, 5.41) is 6.61. The van der Waals surface area contributed by atoms with Crippen LogP contribution in [0.15, 0.2) is 30.3 Å². The monoisotopic (exact) mass is 479 g/mol. The average molecular weight is 480 g/mol. The van der Waals surface area contributed by atoms with Gasteiger partial charge >= 0.3 is 6.03 Å². The van der Waals surface area contributed by atoms with Gasteiger partial charge in [0, 0.05) is 32.1 Å². The Bertz CT molecular complexity index is 948. The Hall–Kier alpha value is -2.04. The lowest BCUT2D eigenvalue weighted by Gasteiger charge is -2.61. The first-order valence-corrected chi connectivity index (χ1v) is 14.0. The lowest BCUT2D eigenvalue weighted by atomic mass is 9.47. The van der Waals surface area contributed by atoms with E-state index >= 15 is 0 Å². The van der Waals surface area contributed by atoms with Gasteiger partial charge in [-0.1, -0.05) is 58.0 Å².